The Morgan fingerprint density at radius 1 is 1.62 bits per heavy atom. The second-order valence-corrected chi connectivity index (χ2v) is 4.01. The third-order valence-electron chi connectivity index (χ3n) is 2.40. The van der Waals surface area contributed by atoms with Crippen LogP contribution in [0.4, 0.5) is 10.8 Å². The third-order valence-corrected chi connectivity index (χ3v) is 3.43. The number of rotatable bonds is 2. The van der Waals surface area contributed by atoms with Gasteiger partial charge in [0, 0.05) is 25.8 Å². The molecule has 0 aromatic carbocycles. The van der Waals surface area contributed by atoms with Crippen molar-refractivity contribution in [1.82, 2.24) is 4.37 Å². The Kier molecular flexibility index (Phi) is 2.13. The van der Waals surface area contributed by atoms with Crippen LogP contribution in [0.15, 0.2) is 0 Å². The highest BCUT2D eigenvalue weighted by molar-refractivity contribution is 7.10. The molecular formula is C8H13N3OS. The summed E-state index contributed by atoms with van der Waals surface area (Å²) in [5, 5.41) is 1.19. The quantitative estimate of drug-likeness (QED) is 0.768. The summed E-state index contributed by atoms with van der Waals surface area (Å²) < 4.78 is 9.30. The monoisotopic (exact) mass is 199 g/mol. The lowest BCUT2D eigenvalue weighted by Gasteiger charge is -2.39. The van der Waals surface area contributed by atoms with Gasteiger partial charge in [-0.2, -0.15) is 4.37 Å². The molecule has 13 heavy (non-hydrogen) atoms. The van der Waals surface area contributed by atoms with Crippen LogP contribution in [-0.2, 0) is 4.74 Å². The third kappa shape index (κ3) is 1.38. The number of aromatic nitrogens is 1. The Morgan fingerprint density at radius 3 is 2.77 bits per heavy atom. The van der Waals surface area contributed by atoms with Crippen molar-refractivity contribution in [2.45, 2.75) is 13.0 Å². The molecule has 1 fully saturated rings. The van der Waals surface area contributed by atoms with E-state index in [4.69, 9.17) is 10.5 Å². The highest BCUT2D eigenvalue weighted by atomic mass is 32.1. The molecule has 0 bridgehead atoms. The van der Waals surface area contributed by atoms with E-state index >= 15 is 0 Å². The molecule has 0 amide bonds. The number of nitrogens with zero attached hydrogens (tertiary/aromatic N) is 2. The second-order valence-electron chi connectivity index (χ2n) is 3.26. The SMILES string of the molecule is COC1CN(c2snc(N)c2C)C1. The topological polar surface area (TPSA) is 51.4 Å². The zero-order valence-corrected chi connectivity index (χ0v) is 8.60. The van der Waals surface area contributed by atoms with Gasteiger partial charge in [-0.25, -0.2) is 0 Å². The molecule has 2 rings (SSSR count). The summed E-state index contributed by atoms with van der Waals surface area (Å²) in [5.74, 6) is 0.654. The van der Waals surface area contributed by atoms with Crippen molar-refractivity contribution in [3.63, 3.8) is 0 Å². The number of methoxy groups -OCH3 is 1. The second kappa shape index (κ2) is 3.16. The fraction of sp³-hybridized carbons (Fsp3) is 0.625. The Morgan fingerprint density at radius 2 is 2.31 bits per heavy atom. The van der Waals surface area contributed by atoms with E-state index in [0.717, 1.165) is 18.7 Å². The summed E-state index contributed by atoms with van der Waals surface area (Å²) in [5.41, 5.74) is 6.76. The fourth-order valence-corrected chi connectivity index (χ4v) is 2.21. The molecule has 5 heteroatoms. The first-order valence-corrected chi connectivity index (χ1v) is 4.99. The predicted molar refractivity (Wildman–Crippen MR) is 54.3 cm³/mol. The molecule has 0 unspecified atom stereocenters. The lowest BCUT2D eigenvalue weighted by molar-refractivity contribution is 0.0791. The molecule has 0 radical (unpaired) electrons. The minimum atomic E-state index is 0.378. The smallest absolute Gasteiger partial charge is 0.142 e. The number of hydrogen-bond acceptors (Lipinski definition) is 5. The summed E-state index contributed by atoms with van der Waals surface area (Å²) in [4.78, 5) is 2.25. The van der Waals surface area contributed by atoms with Crippen molar-refractivity contribution in [3.05, 3.63) is 5.56 Å². The van der Waals surface area contributed by atoms with Gasteiger partial charge in [0.2, 0.25) is 0 Å². The molecule has 2 heterocycles. The zero-order chi connectivity index (χ0) is 9.42. The van der Waals surface area contributed by atoms with E-state index in [0.29, 0.717) is 11.9 Å². The fourth-order valence-electron chi connectivity index (χ4n) is 1.39. The molecule has 4 nitrogen and oxygen atoms in total. The molecule has 0 saturated carbocycles. The number of ether oxygens (including phenoxy) is 1. The van der Waals surface area contributed by atoms with E-state index < -0.39 is 0 Å². The summed E-state index contributed by atoms with van der Waals surface area (Å²) >= 11 is 1.47. The average molecular weight is 199 g/mol. The Balaban J connectivity index is 2.07. The summed E-state index contributed by atoms with van der Waals surface area (Å²) in [7, 11) is 1.75. The maximum atomic E-state index is 5.67. The van der Waals surface area contributed by atoms with Gasteiger partial charge in [0.15, 0.2) is 0 Å². The largest absolute Gasteiger partial charge is 0.383 e. The summed E-state index contributed by atoms with van der Waals surface area (Å²) in [6.07, 6.45) is 0.378. The van der Waals surface area contributed by atoms with Crippen molar-refractivity contribution >= 4 is 22.4 Å². The van der Waals surface area contributed by atoms with Crippen LogP contribution in [0, 0.1) is 6.92 Å². The van der Waals surface area contributed by atoms with Gasteiger partial charge in [-0.1, -0.05) is 0 Å². The van der Waals surface area contributed by atoms with E-state index in [1.54, 1.807) is 7.11 Å². The maximum absolute atomic E-state index is 5.67. The minimum absolute atomic E-state index is 0.378. The Hall–Kier alpha value is -0.810. The van der Waals surface area contributed by atoms with E-state index in [-0.39, 0.29) is 0 Å². The van der Waals surface area contributed by atoms with Crippen LogP contribution >= 0.6 is 11.5 Å². The van der Waals surface area contributed by atoms with Crippen molar-refractivity contribution < 1.29 is 4.74 Å². The van der Waals surface area contributed by atoms with Gasteiger partial charge in [0.1, 0.15) is 10.8 Å². The van der Waals surface area contributed by atoms with E-state index in [9.17, 15) is 0 Å². The zero-order valence-electron chi connectivity index (χ0n) is 7.78. The molecule has 0 atom stereocenters. The van der Waals surface area contributed by atoms with Gasteiger partial charge in [-0.15, -0.1) is 0 Å². The van der Waals surface area contributed by atoms with Crippen molar-refractivity contribution in [1.29, 1.82) is 0 Å². The maximum Gasteiger partial charge on any atom is 0.142 e. The molecule has 1 aromatic rings. The molecule has 0 spiro atoms. The van der Waals surface area contributed by atoms with Crippen LogP contribution < -0.4 is 10.6 Å². The molecule has 1 saturated heterocycles. The molecule has 72 valence electrons. The van der Waals surface area contributed by atoms with Gasteiger partial charge in [0.05, 0.1) is 6.10 Å². The molecule has 2 N–H and O–H groups in total. The molecular weight excluding hydrogens is 186 g/mol. The van der Waals surface area contributed by atoms with Gasteiger partial charge >= 0.3 is 0 Å². The van der Waals surface area contributed by atoms with E-state index in [1.165, 1.54) is 16.5 Å². The Bertz CT molecular complexity index is 306. The lowest BCUT2D eigenvalue weighted by atomic mass is 10.1. The number of hydrogen-bond donors (Lipinski definition) is 1. The van der Waals surface area contributed by atoms with Crippen LogP contribution in [-0.4, -0.2) is 30.7 Å². The predicted octanol–water partition coefficient (Wildman–Crippen LogP) is 0.869. The van der Waals surface area contributed by atoms with Crippen LogP contribution in [0.25, 0.3) is 0 Å². The van der Waals surface area contributed by atoms with Crippen molar-refractivity contribution in [2.24, 2.45) is 0 Å². The molecule has 1 aromatic heterocycles. The first-order chi connectivity index (χ1) is 6.22. The first-order valence-electron chi connectivity index (χ1n) is 4.22. The van der Waals surface area contributed by atoms with Crippen LogP contribution in [0.3, 0.4) is 0 Å². The van der Waals surface area contributed by atoms with Crippen LogP contribution in [0.1, 0.15) is 5.56 Å². The van der Waals surface area contributed by atoms with Gasteiger partial charge in [-0.05, 0) is 18.5 Å². The number of nitrogen functional groups attached to an aromatic ring is 1. The van der Waals surface area contributed by atoms with Crippen molar-refractivity contribution in [3.8, 4) is 0 Å². The number of nitrogens with two attached hydrogens (primary N) is 1. The van der Waals surface area contributed by atoms with Gasteiger partial charge in [0.25, 0.3) is 0 Å². The van der Waals surface area contributed by atoms with Crippen molar-refractivity contribution in [2.75, 3.05) is 30.8 Å². The highest BCUT2D eigenvalue weighted by Gasteiger charge is 2.29. The van der Waals surface area contributed by atoms with Crippen LogP contribution in [0.2, 0.25) is 0 Å². The standard InChI is InChI=1S/C8H13N3OS/c1-5-7(9)10-13-8(5)11-3-6(4-11)12-2/h6H,3-4H2,1-2H3,(H2,9,10). The van der Waals surface area contributed by atoms with Gasteiger partial charge in [-0.3, -0.25) is 0 Å². The van der Waals surface area contributed by atoms with E-state index in [1.807, 2.05) is 6.92 Å². The summed E-state index contributed by atoms with van der Waals surface area (Å²) in [6, 6.07) is 0. The number of anilines is 2. The highest BCUT2D eigenvalue weighted by Crippen LogP contribution is 2.32. The molecule has 0 aliphatic carbocycles. The minimum Gasteiger partial charge on any atom is -0.383 e. The molecule has 1 aliphatic heterocycles. The van der Waals surface area contributed by atoms with E-state index in [2.05, 4.69) is 9.27 Å². The molecule has 1 aliphatic rings. The lowest BCUT2D eigenvalue weighted by Crippen LogP contribution is -2.51. The van der Waals surface area contributed by atoms with Crippen LogP contribution in [0.5, 0.6) is 0 Å². The first kappa shape index (κ1) is 8.77. The van der Waals surface area contributed by atoms with Gasteiger partial charge < -0.3 is 15.4 Å². The summed E-state index contributed by atoms with van der Waals surface area (Å²) in [6.45, 7) is 3.92. The Labute approximate surface area is 81.5 Å². The normalized spacial score (nSPS) is 17.5. The average Bonchev–Trinajstić information content (AvgIpc) is 2.34.